The minimum Gasteiger partial charge on any atom is -0.354 e. The van der Waals surface area contributed by atoms with Crippen LogP contribution in [0.1, 0.15) is 50.1 Å². The lowest BCUT2D eigenvalue weighted by Gasteiger charge is -2.29. The zero-order chi connectivity index (χ0) is 18.4. The summed E-state index contributed by atoms with van der Waals surface area (Å²) in [6.45, 7) is 4.72. The minimum absolute atomic E-state index is 0.0639. The van der Waals surface area contributed by atoms with Crippen LogP contribution >= 0.6 is 0 Å². The number of benzene rings is 1. The van der Waals surface area contributed by atoms with Crippen LogP contribution in [-0.4, -0.2) is 55.5 Å². The molecule has 1 aromatic carbocycles. The number of nitrogens with one attached hydrogen (secondary N) is 1. The van der Waals surface area contributed by atoms with Crippen molar-refractivity contribution in [3.8, 4) is 0 Å². The average molecular weight is 362 g/mol. The molecule has 4 nitrogen and oxygen atoms in total. The van der Waals surface area contributed by atoms with Crippen LogP contribution in [0.3, 0.4) is 0 Å². The van der Waals surface area contributed by atoms with Gasteiger partial charge in [0.1, 0.15) is 5.82 Å². The topological polar surface area (TPSA) is 35.6 Å². The summed E-state index contributed by atoms with van der Waals surface area (Å²) in [6.07, 6.45) is 6.22. The second kappa shape index (κ2) is 9.47. The molecule has 2 saturated heterocycles. The van der Waals surface area contributed by atoms with Gasteiger partial charge in [0.15, 0.2) is 0 Å². The van der Waals surface area contributed by atoms with Gasteiger partial charge in [0.2, 0.25) is 5.91 Å². The molecular formula is C21H32FN3O. The molecule has 0 bridgehead atoms. The van der Waals surface area contributed by atoms with Gasteiger partial charge in [-0.05, 0) is 77.3 Å². The van der Waals surface area contributed by atoms with Gasteiger partial charge < -0.3 is 10.2 Å². The molecule has 1 N–H and O–H groups in total. The van der Waals surface area contributed by atoms with Crippen LogP contribution in [-0.2, 0) is 4.79 Å². The molecule has 26 heavy (non-hydrogen) atoms. The summed E-state index contributed by atoms with van der Waals surface area (Å²) in [5.41, 5.74) is 0.699. The smallest absolute Gasteiger partial charge is 0.220 e. The number of nitrogens with zero attached hydrogens (tertiary/aromatic N) is 2. The fourth-order valence-corrected chi connectivity index (χ4v) is 4.22. The molecule has 0 unspecified atom stereocenters. The zero-order valence-electron chi connectivity index (χ0n) is 15.9. The summed E-state index contributed by atoms with van der Waals surface area (Å²) in [7, 11) is 2.16. The fraction of sp³-hybridized carbons (Fsp3) is 0.667. The third-order valence-electron chi connectivity index (χ3n) is 5.96. The van der Waals surface area contributed by atoms with Crippen molar-refractivity contribution in [1.82, 2.24) is 15.1 Å². The molecule has 5 heteroatoms. The van der Waals surface area contributed by atoms with Crippen molar-refractivity contribution < 1.29 is 9.18 Å². The van der Waals surface area contributed by atoms with E-state index < -0.39 is 0 Å². The van der Waals surface area contributed by atoms with Gasteiger partial charge in [-0.25, -0.2) is 4.39 Å². The van der Waals surface area contributed by atoms with E-state index in [9.17, 15) is 9.18 Å². The van der Waals surface area contributed by atoms with Crippen LogP contribution in [0.4, 0.5) is 4.39 Å². The molecule has 2 aliphatic heterocycles. The molecule has 0 aliphatic carbocycles. The standard InChI is InChI=1S/C21H32FN3O/c1-24-14-10-17(11-15-24)8-9-21(26)23-16-20(25-12-4-5-13-25)18-6-2-3-7-19(18)22/h2-3,6-7,17,20H,4-5,8-16H2,1H3,(H,23,26)/t20-/m0/s1. The first kappa shape index (κ1) is 19.3. The Kier molecular flexibility index (Phi) is 7.03. The van der Waals surface area contributed by atoms with Crippen LogP contribution in [0.25, 0.3) is 0 Å². The highest BCUT2D eigenvalue weighted by molar-refractivity contribution is 5.75. The molecule has 0 radical (unpaired) electrons. The highest BCUT2D eigenvalue weighted by Gasteiger charge is 2.26. The summed E-state index contributed by atoms with van der Waals surface area (Å²) in [4.78, 5) is 17.0. The first-order valence-electron chi connectivity index (χ1n) is 10.1. The predicted molar refractivity (Wildman–Crippen MR) is 102 cm³/mol. The monoisotopic (exact) mass is 361 g/mol. The molecule has 2 aliphatic rings. The van der Waals surface area contributed by atoms with Crippen molar-refractivity contribution >= 4 is 5.91 Å². The van der Waals surface area contributed by atoms with Crippen LogP contribution in [0.15, 0.2) is 24.3 Å². The molecule has 0 spiro atoms. The van der Waals surface area contributed by atoms with Crippen molar-refractivity contribution in [1.29, 1.82) is 0 Å². The molecule has 2 fully saturated rings. The average Bonchev–Trinajstić information content (AvgIpc) is 3.17. The summed E-state index contributed by atoms with van der Waals surface area (Å²) in [6, 6.07) is 6.90. The van der Waals surface area contributed by atoms with E-state index in [1.54, 1.807) is 6.07 Å². The van der Waals surface area contributed by atoms with Gasteiger partial charge in [0.25, 0.3) is 0 Å². The summed E-state index contributed by atoms with van der Waals surface area (Å²) < 4.78 is 14.3. The van der Waals surface area contributed by atoms with Gasteiger partial charge in [0.05, 0.1) is 6.04 Å². The van der Waals surface area contributed by atoms with E-state index in [-0.39, 0.29) is 17.8 Å². The van der Waals surface area contributed by atoms with Crippen molar-refractivity contribution in [2.75, 3.05) is 39.8 Å². The first-order valence-corrected chi connectivity index (χ1v) is 10.1. The maximum atomic E-state index is 14.3. The highest BCUT2D eigenvalue weighted by atomic mass is 19.1. The van der Waals surface area contributed by atoms with Crippen molar-refractivity contribution in [3.63, 3.8) is 0 Å². The Bertz CT molecular complexity index is 580. The van der Waals surface area contributed by atoms with Crippen molar-refractivity contribution in [3.05, 3.63) is 35.6 Å². The van der Waals surface area contributed by atoms with Crippen molar-refractivity contribution in [2.24, 2.45) is 5.92 Å². The van der Waals surface area contributed by atoms with Crippen LogP contribution < -0.4 is 5.32 Å². The molecule has 0 aromatic heterocycles. The second-order valence-electron chi connectivity index (χ2n) is 7.87. The predicted octanol–water partition coefficient (Wildman–Crippen LogP) is 3.20. The van der Waals surface area contributed by atoms with E-state index in [1.165, 1.54) is 18.9 Å². The highest BCUT2D eigenvalue weighted by Crippen LogP contribution is 2.26. The summed E-state index contributed by atoms with van der Waals surface area (Å²) in [5, 5.41) is 3.08. The number of rotatable bonds is 7. The Balaban J connectivity index is 1.51. The lowest BCUT2D eigenvalue weighted by Crippen LogP contribution is -2.37. The third kappa shape index (κ3) is 5.27. The number of hydrogen-bond donors (Lipinski definition) is 1. The van der Waals surface area contributed by atoms with E-state index in [0.29, 0.717) is 24.4 Å². The molecular weight excluding hydrogens is 329 g/mol. The Hall–Kier alpha value is -1.46. The van der Waals surface area contributed by atoms with Gasteiger partial charge in [-0.1, -0.05) is 18.2 Å². The first-order chi connectivity index (χ1) is 12.6. The van der Waals surface area contributed by atoms with E-state index >= 15 is 0 Å². The van der Waals surface area contributed by atoms with E-state index in [4.69, 9.17) is 0 Å². The second-order valence-corrected chi connectivity index (χ2v) is 7.87. The molecule has 0 saturated carbocycles. The molecule has 1 atom stereocenters. The number of halogens is 1. The quantitative estimate of drug-likeness (QED) is 0.810. The number of carbonyl (C=O) groups is 1. The number of likely N-dealkylation sites (tertiary alicyclic amines) is 2. The lowest BCUT2D eigenvalue weighted by atomic mass is 9.92. The Morgan fingerprint density at radius 3 is 2.58 bits per heavy atom. The summed E-state index contributed by atoms with van der Waals surface area (Å²) >= 11 is 0. The number of hydrogen-bond acceptors (Lipinski definition) is 3. The zero-order valence-corrected chi connectivity index (χ0v) is 15.9. The number of amides is 1. The van der Waals surface area contributed by atoms with Crippen LogP contribution in [0.5, 0.6) is 0 Å². The van der Waals surface area contributed by atoms with Crippen LogP contribution in [0.2, 0.25) is 0 Å². The summed E-state index contributed by atoms with van der Waals surface area (Å²) in [5.74, 6) is 0.590. The fourth-order valence-electron chi connectivity index (χ4n) is 4.22. The van der Waals surface area contributed by atoms with Gasteiger partial charge in [0, 0.05) is 18.5 Å². The molecule has 1 aromatic rings. The van der Waals surface area contributed by atoms with Gasteiger partial charge in [-0.15, -0.1) is 0 Å². The number of carbonyl (C=O) groups excluding carboxylic acids is 1. The van der Waals surface area contributed by atoms with Gasteiger partial charge in [-0.2, -0.15) is 0 Å². The molecule has 1 amide bonds. The Labute approximate surface area is 156 Å². The van der Waals surface area contributed by atoms with Crippen molar-refractivity contribution in [2.45, 2.75) is 44.6 Å². The molecule has 2 heterocycles. The minimum atomic E-state index is -0.176. The van der Waals surface area contributed by atoms with E-state index in [0.717, 1.165) is 45.4 Å². The Morgan fingerprint density at radius 1 is 1.19 bits per heavy atom. The van der Waals surface area contributed by atoms with Gasteiger partial charge >= 0.3 is 0 Å². The largest absolute Gasteiger partial charge is 0.354 e. The molecule has 3 rings (SSSR count). The normalized spacial score (nSPS) is 21.0. The maximum absolute atomic E-state index is 14.3. The molecule has 144 valence electrons. The SMILES string of the molecule is CN1CCC(CCC(=O)NC[C@@H](c2ccccc2F)N2CCCC2)CC1. The van der Waals surface area contributed by atoms with E-state index in [1.807, 2.05) is 12.1 Å². The maximum Gasteiger partial charge on any atom is 0.220 e. The van der Waals surface area contributed by atoms with Gasteiger partial charge in [-0.3, -0.25) is 9.69 Å². The number of piperidine rings is 1. The van der Waals surface area contributed by atoms with E-state index in [2.05, 4.69) is 22.2 Å². The van der Waals surface area contributed by atoms with Crippen LogP contribution in [0, 0.1) is 11.7 Å². The third-order valence-corrected chi connectivity index (χ3v) is 5.96. The lowest BCUT2D eigenvalue weighted by molar-refractivity contribution is -0.121. The Morgan fingerprint density at radius 2 is 1.88 bits per heavy atom.